The SMILES string of the molecule is CC\C=C/C=C\C=C/C=C\C=C/CCCC(=O)OC(COC(=O)CCC/C=C\C/C=C\C/C=C\C/C=C\C/C=C\CC)COC(=O)CCCCC\C=C/C=C\C=C/C=C\CC. The van der Waals surface area contributed by atoms with Crippen LogP contribution in [0.3, 0.4) is 0 Å². The second kappa shape index (κ2) is 47.4. The minimum atomic E-state index is -0.862. The maximum Gasteiger partial charge on any atom is 0.306 e. The van der Waals surface area contributed by atoms with Crippen LogP contribution in [0.1, 0.15) is 136 Å². The molecule has 0 saturated heterocycles. The van der Waals surface area contributed by atoms with E-state index in [2.05, 4.69) is 99.8 Å². The van der Waals surface area contributed by atoms with Crippen LogP contribution in [0.15, 0.2) is 170 Å². The van der Waals surface area contributed by atoms with Crippen molar-refractivity contribution in [2.45, 2.75) is 142 Å². The van der Waals surface area contributed by atoms with Gasteiger partial charge in [0.2, 0.25) is 0 Å². The van der Waals surface area contributed by atoms with Gasteiger partial charge < -0.3 is 14.2 Å². The molecule has 6 nitrogen and oxygen atoms in total. The van der Waals surface area contributed by atoms with E-state index in [1.807, 2.05) is 91.1 Å². The first-order chi connectivity index (χ1) is 30.0. The standard InChI is InChI=1S/C55H78O6/c1-4-7-10-13-16-19-22-25-26-27-28-31-33-36-39-42-45-48-54(57)60-51-52(61-55(58)49-46-43-40-37-34-30-24-21-18-15-12-9-6-3)50-59-53(56)47-44-41-38-35-32-29-23-20-17-14-11-8-5-2/h7-12,14-21,23-26,28-32,34,36-37,39-40,52H,4-6,13,22,27,33,35,38,41-51H2,1-3H3/b10-7-,11-8-,12-9-,17-14-,18-15-,19-16-,23-20-,24-21-,26-25-,31-28-,32-29-,34-30-,39-36-,40-37-. The third-order valence-corrected chi connectivity index (χ3v) is 8.42. The van der Waals surface area contributed by atoms with Gasteiger partial charge in [-0.3, -0.25) is 14.4 Å². The Morgan fingerprint density at radius 1 is 0.344 bits per heavy atom. The highest BCUT2D eigenvalue weighted by molar-refractivity contribution is 5.71. The summed E-state index contributed by atoms with van der Waals surface area (Å²) >= 11 is 0. The monoisotopic (exact) mass is 835 g/mol. The highest BCUT2D eigenvalue weighted by Gasteiger charge is 2.19. The first-order valence-corrected chi connectivity index (χ1v) is 22.8. The first kappa shape index (κ1) is 55.8. The zero-order valence-electron chi connectivity index (χ0n) is 37.8. The predicted molar refractivity (Wildman–Crippen MR) is 260 cm³/mol. The molecule has 61 heavy (non-hydrogen) atoms. The lowest BCUT2D eigenvalue weighted by molar-refractivity contribution is -0.167. The molecule has 0 aromatic heterocycles. The van der Waals surface area contributed by atoms with Crippen molar-refractivity contribution in [3.8, 4) is 0 Å². The molecular formula is C55H78O6. The minimum absolute atomic E-state index is 0.155. The van der Waals surface area contributed by atoms with Gasteiger partial charge in [-0.25, -0.2) is 0 Å². The molecule has 0 N–H and O–H groups in total. The van der Waals surface area contributed by atoms with Crippen LogP contribution in [0, 0.1) is 0 Å². The number of esters is 3. The molecule has 1 unspecified atom stereocenters. The summed E-state index contributed by atoms with van der Waals surface area (Å²) in [5.41, 5.74) is 0. The van der Waals surface area contributed by atoms with E-state index < -0.39 is 12.1 Å². The van der Waals surface area contributed by atoms with Crippen LogP contribution in [-0.2, 0) is 28.6 Å². The van der Waals surface area contributed by atoms with E-state index >= 15 is 0 Å². The average molecular weight is 835 g/mol. The van der Waals surface area contributed by atoms with Gasteiger partial charge in [0.25, 0.3) is 0 Å². The Bertz CT molecular complexity index is 1520. The Labute approximate surface area is 371 Å². The van der Waals surface area contributed by atoms with Crippen LogP contribution >= 0.6 is 0 Å². The van der Waals surface area contributed by atoms with E-state index in [1.54, 1.807) is 0 Å². The largest absolute Gasteiger partial charge is 0.462 e. The lowest BCUT2D eigenvalue weighted by Gasteiger charge is -2.18. The van der Waals surface area contributed by atoms with Gasteiger partial charge in [0, 0.05) is 19.3 Å². The Hall–Kier alpha value is -5.23. The molecule has 0 amide bonds. The molecule has 0 radical (unpaired) electrons. The molecule has 1 atom stereocenters. The quantitative estimate of drug-likeness (QED) is 0.0204. The van der Waals surface area contributed by atoms with Crippen molar-refractivity contribution in [2.75, 3.05) is 13.2 Å². The number of ether oxygens (including phenoxy) is 3. The molecule has 6 heteroatoms. The van der Waals surface area contributed by atoms with Crippen LogP contribution in [0.25, 0.3) is 0 Å². The molecule has 0 fully saturated rings. The number of rotatable bonds is 37. The van der Waals surface area contributed by atoms with Gasteiger partial charge in [-0.15, -0.1) is 0 Å². The van der Waals surface area contributed by atoms with Crippen molar-refractivity contribution >= 4 is 17.9 Å². The zero-order valence-corrected chi connectivity index (χ0v) is 37.8. The van der Waals surface area contributed by atoms with Crippen LogP contribution in [-0.4, -0.2) is 37.2 Å². The fourth-order valence-electron chi connectivity index (χ4n) is 5.10. The number of hydrogen-bond donors (Lipinski definition) is 0. The summed E-state index contributed by atoms with van der Waals surface area (Å²) < 4.78 is 16.6. The summed E-state index contributed by atoms with van der Waals surface area (Å²) in [5, 5.41) is 0. The van der Waals surface area contributed by atoms with Crippen molar-refractivity contribution in [2.24, 2.45) is 0 Å². The fraction of sp³-hybridized carbons (Fsp3) is 0.436. The van der Waals surface area contributed by atoms with Gasteiger partial charge in [-0.1, -0.05) is 197 Å². The van der Waals surface area contributed by atoms with Crippen molar-refractivity contribution in [1.82, 2.24) is 0 Å². The van der Waals surface area contributed by atoms with Crippen molar-refractivity contribution in [3.63, 3.8) is 0 Å². The molecule has 0 aromatic carbocycles. The second-order valence-electron chi connectivity index (χ2n) is 14.0. The van der Waals surface area contributed by atoms with Gasteiger partial charge in [-0.2, -0.15) is 0 Å². The lowest BCUT2D eigenvalue weighted by Crippen LogP contribution is -2.30. The smallest absolute Gasteiger partial charge is 0.306 e. The molecule has 0 rings (SSSR count). The first-order valence-electron chi connectivity index (χ1n) is 22.8. The summed E-state index contributed by atoms with van der Waals surface area (Å²) in [5.74, 6) is -1.15. The van der Waals surface area contributed by atoms with Gasteiger partial charge in [-0.05, 0) is 89.9 Å². The minimum Gasteiger partial charge on any atom is -0.462 e. The zero-order chi connectivity index (χ0) is 44.4. The molecule has 0 saturated carbocycles. The lowest BCUT2D eigenvalue weighted by atomic mass is 10.1. The van der Waals surface area contributed by atoms with E-state index in [0.29, 0.717) is 25.7 Å². The van der Waals surface area contributed by atoms with E-state index in [4.69, 9.17) is 14.2 Å². The molecule has 0 aliphatic rings. The third-order valence-electron chi connectivity index (χ3n) is 8.42. The van der Waals surface area contributed by atoms with Crippen molar-refractivity contribution in [1.29, 1.82) is 0 Å². The molecule has 0 bridgehead atoms. The van der Waals surface area contributed by atoms with E-state index in [9.17, 15) is 14.4 Å². The van der Waals surface area contributed by atoms with Gasteiger partial charge >= 0.3 is 17.9 Å². The maximum absolute atomic E-state index is 12.7. The van der Waals surface area contributed by atoms with Gasteiger partial charge in [0.15, 0.2) is 6.10 Å². The maximum atomic E-state index is 12.7. The van der Waals surface area contributed by atoms with Crippen molar-refractivity contribution in [3.05, 3.63) is 170 Å². The number of allylic oxidation sites excluding steroid dienone is 28. The predicted octanol–water partition coefficient (Wildman–Crippen LogP) is 14.9. The number of hydrogen-bond acceptors (Lipinski definition) is 6. The number of unbranched alkanes of at least 4 members (excludes halogenated alkanes) is 5. The summed E-state index contributed by atoms with van der Waals surface area (Å²) in [6, 6.07) is 0. The van der Waals surface area contributed by atoms with Crippen LogP contribution in [0.2, 0.25) is 0 Å². The molecule has 0 spiro atoms. The average Bonchev–Trinajstić information content (AvgIpc) is 3.26. The van der Waals surface area contributed by atoms with Crippen LogP contribution in [0.5, 0.6) is 0 Å². The summed E-state index contributed by atoms with van der Waals surface area (Å²) in [6.45, 7) is 6.03. The topological polar surface area (TPSA) is 78.9 Å². The fourth-order valence-corrected chi connectivity index (χ4v) is 5.10. The highest BCUT2D eigenvalue weighted by atomic mass is 16.6. The van der Waals surface area contributed by atoms with E-state index in [1.165, 1.54) is 0 Å². The molecule has 0 aliphatic carbocycles. The molecule has 0 aliphatic heterocycles. The molecule has 334 valence electrons. The summed E-state index contributed by atoms with van der Waals surface area (Å²) in [4.78, 5) is 37.8. The molecule has 0 aromatic rings. The third kappa shape index (κ3) is 45.7. The Morgan fingerprint density at radius 2 is 0.689 bits per heavy atom. The number of carbonyl (C=O) groups is 3. The van der Waals surface area contributed by atoms with Crippen molar-refractivity contribution < 1.29 is 28.6 Å². The van der Waals surface area contributed by atoms with Crippen LogP contribution in [0.4, 0.5) is 0 Å². The van der Waals surface area contributed by atoms with Crippen LogP contribution < -0.4 is 0 Å². The normalized spacial score (nSPS) is 13.7. The molecule has 0 heterocycles. The Kier molecular flexibility index (Phi) is 43.4. The van der Waals surface area contributed by atoms with Gasteiger partial charge in [0.05, 0.1) is 0 Å². The van der Waals surface area contributed by atoms with E-state index in [-0.39, 0.29) is 44.4 Å². The van der Waals surface area contributed by atoms with E-state index in [0.717, 1.165) is 70.6 Å². The summed E-state index contributed by atoms with van der Waals surface area (Å²) in [6.07, 6.45) is 70.6. The Balaban J connectivity index is 4.70. The van der Waals surface area contributed by atoms with Gasteiger partial charge in [0.1, 0.15) is 13.2 Å². The molecular weight excluding hydrogens is 757 g/mol. The highest BCUT2D eigenvalue weighted by Crippen LogP contribution is 2.09. The number of carbonyl (C=O) groups excluding carboxylic acids is 3. The Morgan fingerprint density at radius 3 is 1.15 bits per heavy atom. The summed E-state index contributed by atoms with van der Waals surface area (Å²) in [7, 11) is 0. The second-order valence-corrected chi connectivity index (χ2v) is 14.0.